The van der Waals surface area contributed by atoms with Crippen LogP contribution in [0.5, 0.6) is 5.75 Å². The molecule has 1 N–H and O–H groups in total. The zero-order valence-corrected chi connectivity index (χ0v) is 21.1. The lowest BCUT2D eigenvalue weighted by molar-refractivity contribution is -0.135. The first-order chi connectivity index (χ1) is 15.0. The monoisotopic (exact) mass is 484 g/mol. The van der Waals surface area contributed by atoms with E-state index in [-0.39, 0.29) is 24.2 Å². The molecule has 0 aromatic heterocycles. The minimum absolute atomic E-state index is 0. The molecule has 2 aliphatic heterocycles. The van der Waals surface area contributed by atoms with Crippen LogP contribution in [0.4, 0.5) is 0 Å². The third kappa shape index (κ3) is 7.27. The summed E-state index contributed by atoms with van der Waals surface area (Å²) < 4.78 is 5.16. The number of halogens is 1. The standard InChI is InChI=1S/C23H36N4O3S.ClH/c1-25-11-8-19(9-12-25)26-13-15-27(16-14-26)23(29)21(10-17-31-3)24-22(28)18-4-6-20(30-2)7-5-18;/h4-7,19,21H,8-17H2,1-3H3,(H,24,28);1H/t21-;/m1./s1. The Morgan fingerprint density at radius 3 is 2.28 bits per heavy atom. The highest BCUT2D eigenvalue weighted by Gasteiger charge is 2.31. The van der Waals surface area contributed by atoms with Gasteiger partial charge in [0.1, 0.15) is 11.8 Å². The molecule has 2 fully saturated rings. The molecule has 2 aliphatic rings. The number of rotatable bonds is 8. The SMILES string of the molecule is COc1ccc(C(=O)N[C@H](CCSC)C(=O)N2CCN(C3CCN(C)CC3)CC2)cc1.Cl. The van der Waals surface area contributed by atoms with Crippen LogP contribution in [0.15, 0.2) is 24.3 Å². The molecule has 32 heavy (non-hydrogen) atoms. The van der Waals surface area contributed by atoms with Gasteiger partial charge in [-0.15, -0.1) is 12.4 Å². The summed E-state index contributed by atoms with van der Waals surface area (Å²) in [4.78, 5) is 32.9. The number of hydrogen-bond acceptors (Lipinski definition) is 6. The van der Waals surface area contributed by atoms with Crippen molar-refractivity contribution in [1.29, 1.82) is 0 Å². The highest BCUT2D eigenvalue weighted by molar-refractivity contribution is 7.98. The number of piperazine rings is 1. The van der Waals surface area contributed by atoms with Crippen molar-refractivity contribution in [3.05, 3.63) is 29.8 Å². The second kappa shape index (κ2) is 13.3. The predicted molar refractivity (Wildman–Crippen MR) is 133 cm³/mol. The fourth-order valence-corrected chi connectivity index (χ4v) is 4.84. The summed E-state index contributed by atoms with van der Waals surface area (Å²) in [6.45, 7) is 5.61. The van der Waals surface area contributed by atoms with Gasteiger partial charge in [0, 0.05) is 37.8 Å². The molecule has 0 unspecified atom stereocenters. The quantitative estimate of drug-likeness (QED) is 0.610. The molecule has 1 aromatic rings. The normalized spacial score (nSPS) is 19.2. The van der Waals surface area contributed by atoms with Crippen LogP contribution >= 0.6 is 24.2 Å². The van der Waals surface area contributed by atoms with E-state index in [0.717, 1.165) is 45.0 Å². The zero-order chi connectivity index (χ0) is 22.2. The number of amides is 2. The number of thioether (sulfide) groups is 1. The van der Waals surface area contributed by atoms with Crippen LogP contribution in [-0.4, -0.2) is 104 Å². The molecular formula is C23H37ClN4O3S. The maximum Gasteiger partial charge on any atom is 0.251 e. The number of hydrogen-bond donors (Lipinski definition) is 1. The number of nitrogens with zero attached hydrogens (tertiary/aromatic N) is 3. The van der Waals surface area contributed by atoms with Crippen LogP contribution in [0.25, 0.3) is 0 Å². The van der Waals surface area contributed by atoms with Gasteiger partial charge in [0.2, 0.25) is 5.91 Å². The largest absolute Gasteiger partial charge is 0.497 e. The smallest absolute Gasteiger partial charge is 0.251 e. The van der Waals surface area contributed by atoms with Crippen LogP contribution in [0.3, 0.4) is 0 Å². The van der Waals surface area contributed by atoms with E-state index in [2.05, 4.69) is 22.2 Å². The van der Waals surface area contributed by atoms with Crippen molar-refractivity contribution < 1.29 is 14.3 Å². The molecule has 7 nitrogen and oxygen atoms in total. The minimum atomic E-state index is -0.489. The highest BCUT2D eigenvalue weighted by Crippen LogP contribution is 2.18. The summed E-state index contributed by atoms with van der Waals surface area (Å²) in [5.41, 5.74) is 0.537. The van der Waals surface area contributed by atoms with Crippen LogP contribution in [0, 0.1) is 0 Å². The van der Waals surface area contributed by atoms with Gasteiger partial charge in [-0.2, -0.15) is 11.8 Å². The Morgan fingerprint density at radius 2 is 1.72 bits per heavy atom. The fourth-order valence-electron chi connectivity index (χ4n) is 4.37. The Labute approximate surface area is 202 Å². The van der Waals surface area contributed by atoms with E-state index in [9.17, 15) is 9.59 Å². The van der Waals surface area contributed by atoms with Gasteiger partial charge in [0.05, 0.1) is 7.11 Å². The topological polar surface area (TPSA) is 65.1 Å². The summed E-state index contributed by atoms with van der Waals surface area (Å²) in [5, 5.41) is 2.98. The van der Waals surface area contributed by atoms with Crippen molar-refractivity contribution in [3.63, 3.8) is 0 Å². The molecule has 9 heteroatoms. The second-order valence-corrected chi connectivity index (χ2v) is 9.42. The van der Waals surface area contributed by atoms with Crippen molar-refractivity contribution in [3.8, 4) is 5.75 Å². The van der Waals surface area contributed by atoms with E-state index >= 15 is 0 Å². The number of methoxy groups -OCH3 is 1. The van der Waals surface area contributed by atoms with Crippen molar-refractivity contribution >= 4 is 36.0 Å². The Kier molecular flexibility index (Phi) is 11.1. The number of ether oxygens (including phenoxy) is 1. The average Bonchev–Trinajstić information content (AvgIpc) is 2.82. The zero-order valence-electron chi connectivity index (χ0n) is 19.4. The van der Waals surface area contributed by atoms with E-state index in [4.69, 9.17) is 4.74 Å². The number of carbonyl (C=O) groups is 2. The summed E-state index contributed by atoms with van der Waals surface area (Å²) >= 11 is 1.69. The van der Waals surface area contributed by atoms with E-state index in [1.165, 1.54) is 12.8 Å². The predicted octanol–water partition coefficient (Wildman–Crippen LogP) is 2.21. The Hall–Kier alpha value is -1.48. The summed E-state index contributed by atoms with van der Waals surface area (Å²) in [6, 6.07) is 7.12. The van der Waals surface area contributed by atoms with Crippen molar-refractivity contribution in [2.24, 2.45) is 0 Å². The molecule has 0 saturated carbocycles. The van der Waals surface area contributed by atoms with Crippen molar-refractivity contribution in [1.82, 2.24) is 20.0 Å². The number of piperidine rings is 1. The molecule has 180 valence electrons. The molecule has 1 atom stereocenters. The van der Waals surface area contributed by atoms with Crippen molar-refractivity contribution in [2.75, 3.05) is 65.4 Å². The maximum atomic E-state index is 13.3. The van der Waals surface area contributed by atoms with E-state index < -0.39 is 6.04 Å². The lowest BCUT2D eigenvalue weighted by atomic mass is 10.0. The Balaban J connectivity index is 0.00000363. The molecule has 3 rings (SSSR count). The first-order valence-electron chi connectivity index (χ1n) is 11.2. The average molecular weight is 485 g/mol. The summed E-state index contributed by atoms with van der Waals surface area (Å²) in [6.07, 6.45) is 5.07. The summed E-state index contributed by atoms with van der Waals surface area (Å²) in [7, 11) is 3.78. The maximum absolute atomic E-state index is 13.3. The van der Waals surface area contributed by atoms with Crippen LogP contribution in [0.2, 0.25) is 0 Å². The van der Waals surface area contributed by atoms with Gasteiger partial charge in [0.25, 0.3) is 5.91 Å². The molecular weight excluding hydrogens is 448 g/mol. The van der Waals surface area contributed by atoms with Gasteiger partial charge in [0.15, 0.2) is 0 Å². The number of carbonyl (C=O) groups excluding carboxylic acids is 2. The third-order valence-electron chi connectivity index (χ3n) is 6.40. The van der Waals surface area contributed by atoms with E-state index in [0.29, 0.717) is 23.8 Å². The molecule has 0 bridgehead atoms. The minimum Gasteiger partial charge on any atom is -0.497 e. The molecule has 0 aliphatic carbocycles. The molecule has 2 heterocycles. The van der Waals surface area contributed by atoms with Gasteiger partial charge in [-0.3, -0.25) is 14.5 Å². The van der Waals surface area contributed by atoms with Crippen LogP contribution in [0.1, 0.15) is 29.6 Å². The summed E-state index contributed by atoms with van der Waals surface area (Å²) in [5.74, 6) is 1.36. The number of nitrogens with one attached hydrogen (secondary N) is 1. The van der Waals surface area contributed by atoms with Crippen LogP contribution in [-0.2, 0) is 4.79 Å². The first kappa shape index (κ1) is 26.8. The fraction of sp³-hybridized carbons (Fsp3) is 0.652. The van der Waals surface area contributed by atoms with E-state index in [1.807, 2.05) is 11.2 Å². The number of likely N-dealkylation sites (tertiary alicyclic amines) is 1. The lowest BCUT2D eigenvalue weighted by Crippen LogP contribution is -2.57. The second-order valence-electron chi connectivity index (χ2n) is 8.43. The highest BCUT2D eigenvalue weighted by atomic mass is 35.5. The first-order valence-corrected chi connectivity index (χ1v) is 12.6. The molecule has 0 spiro atoms. The van der Waals surface area contributed by atoms with Gasteiger partial charge >= 0.3 is 0 Å². The van der Waals surface area contributed by atoms with Gasteiger partial charge < -0.3 is 19.9 Å². The number of benzene rings is 1. The Bertz CT molecular complexity index is 720. The molecule has 2 saturated heterocycles. The van der Waals surface area contributed by atoms with Gasteiger partial charge in [-0.25, -0.2) is 0 Å². The van der Waals surface area contributed by atoms with Crippen molar-refractivity contribution in [2.45, 2.75) is 31.3 Å². The van der Waals surface area contributed by atoms with Gasteiger partial charge in [-0.05, 0) is 75.7 Å². The van der Waals surface area contributed by atoms with E-state index in [1.54, 1.807) is 43.1 Å². The van der Waals surface area contributed by atoms with Crippen LogP contribution < -0.4 is 10.1 Å². The lowest BCUT2D eigenvalue weighted by Gasteiger charge is -2.42. The molecule has 1 aromatic carbocycles. The third-order valence-corrected chi connectivity index (χ3v) is 7.04. The molecule has 2 amide bonds. The Morgan fingerprint density at radius 1 is 1.09 bits per heavy atom. The molecule has 0 radical (unpaired) electrons. The van der Waals surface area contributed by atoms with Gasteiger partial charge in [-0.1, -0.05) is 0 Å².